The average Bonchev–Trinajstić information content (AvgIpc) is 3.07. The highest BCUT2D eigenvalue weighted by molar-refractivity contribution is 7.09. The second-order valence-electron chi connectivity index (χ2n) is 7.42. The number of nitrogens with zero attached hydrogens (tertiary/aromatic N) is 3. The number of piperidine rings is 1. The minimum Gasteiger partial charge on any atom is -0.356 e. The third-order valence-corrected chi connectivity index (χ3v) is 5.39. The Hall–Kier alpha value is -1.35. The number of hydrogen-bond donors (Lipinski definition) is 2. The third kappa shape index (κ3) is 7.65. The van der Waals surface area contributed by atoms with Gasteiger partial charge in [0.25, 0.3) is 0 Å². The first-order chi connectivity index (χ1) is 12.8. The molecule has 0 amide bonds. The van der Waals surface area contributed by atoms with E-state index in [0.29, 0.717) is 35.8 Å². The van der Waals surface area contributed by atoms with E-state index in [1.165, 1.54) is 19.4 Å². The molecule has 0 aliphatic carbocycles. The molecular formula is C18H30F3N5S. The molecule has 27 heavy (non-hydrogen) atoms. The molecule has 0 spiro atoms. The number of alkyl halides is 3. The molecule has 1 saturated heterocycles. The van der Waals surface area contributed by atoms with Crippen molar-refractivity contribution in [2.75, 3.05) is 39.8 Å². The summed E-state index contributed by atoms with van der Waals surface area (Å²) < 4.78 is 37.7. The number of thiazole rings is 1. The Kier molecular flexibility index (Phi) is 8.34. The second-order valence-corrected chi connectivity index (χ2v) is 8.36. The first-order valence-corrected chi connectivity index (χ1v) is 10.3. The van der Waals surface area contributed by atoms with Crippen molar-refractivity contribution < 1.29 is 13.2 Å². The summed E-state index contributed by atoms with van der Waals surface area (Å²) in [5.74, 6) is 1.95. The molecule has 1 aliphatic heterocycles. The fourth-order valence-electron chi connectivity index (χ4n) is 3.31. The van der Waals surface area contributed by atoms with Crippen LogP contribution in [0.25, 0.3) is 0 Å². The second kappa shape index (κ2) is 10.3. The molecular weight excluding hydrogens is 375 g/mol. The first kappa shape index (κ1) is 21.9. The molecule has 0 radical (unpaired) electrons. The van der Waals surface area contributed by atoms with Gasteiger partial charge < -0.3 is 15.5 Å². The van der Waals surface area contributed by atoms with Crippen molar-refractivity contribution in [2.24, 2.45) is 16.8 Å². The van der Waals surface area contributed by atoms with Gasteiger partial charge in [0.15, 0.2) is 11.7 Å². The topological polar surface area (TPSA) is 52.6 Å². The number of halogens is 3. The molecule has 2 N–H and O–H groups in total. The molecule has 2 heterocycles. The fourth-order valence-corrected chi connectivity index (χ4v) is 4.11. The summed E-state index contributed by atoms with van der Waals surface area (Å²) in [5, 5.41) is 8.04. The number of aliphatic imine (C=N–C) groups is 1. The Balaban J connectivity index is 1.70. The van der Waals surface area contributed by atoms with E-state index in [1.54, 1.807) is 7.05 Å². The Labute approximate surface area is 163 Å². The summed E-state index contributed by atoms with van der Waals surface area (Å²) in [5.41, 5.74) is -0.812. The minimum atomic E-state index is -4.37. The maximum absolute atomic E-state index is 12.6. The lowest BCUT2D eigenvalue weighted by Crippen LogP contribution is -2.45. The van der Waals surface area contributed by atoms with E-state index >= 15 is 0 Å². The van der Waals surface area contributed by atoms with Gasteiger partial charge in [0, 0.05) is 45.0 Å². The Bertz CT molecular complexity index is 600. The highest BCUT2D eigenvalue weighted by Crippen LogP contribution is 2.30. The summed E-state index contributed by atoms with van der Waals surface area (Å²) in [6.45, 7) is 9.24. The first-order valence-electron chi connectivity index (χ1n) is 9.46. The average molecular weight is 406 g/mol. The molecule has 154 valence electrons. The lowest BCUT2D eigenvalue weighted by molar-refractivity contribution is -0.140. The van der Waals surface area contributed by atoms with Crippen LogP contribution in [-0.2, 0) is 12.6 Å². The lowest BCUT2D eigenvalue weighted by Gasteiger charge is -2.34. The molecule has 1 unspecified atom stereocenters. The molecule has 5 nitrogen and oxygen atoms in total. The third-order valence-electron chi connectivity index (χ3n) is 4.48. The van der Waals surface area contributed by atoms with E-state index in [2.05, 4.69) is 39.4 Å². The Morgan fingerprint density at radius 1 is 1.41 bits per heavy atom. The van der Waals surface area contributed by atoms with Crippen molar-refractivity contribution in [1.29, 1.82) is 0 Å². The van der Waals surface area contributed by atoms with Crippen molar-refractivity contribution in [1.82, 2.24) is 20.5 Å². The van der Waals surface area contributed by atoms with Crippen LogP contribution in [0.15, 0.2) is 10.4 Å². The highest BCUT2D eigenvalue weighted by Gasteiger charge is 2.33. The summed E-state index contributed by atoms with van der Waals surface area (Å²) in [6.07, 6.45) is -1.51. The summed E-state index contributed by atoms with van der Waals surface area (Å²) in [6, 6.07) is 0. The van der Waals surface area contributed by atoms with Gasteiger partial charge in [-0.05, 0) is 31.2 Å². The van der Waals surface area contributed by atoms with Gasteiger partial charge in [-0.1, -0.05) is 13.8 Å². The van der Waals surface area contributed by atoms with Crippen LogP contribution < -0.4 is 10.6 Å². The molecule has 0 aromatic carbocycles. The Morgan fingerprint density at radius 3 is 2.81 bits per heavy atom. The van der Waals surface area contributed by atoms with Crippen LogP contribution >= 0.6 is 11.3 Å². The molecule has 0 saturated carbocycles. The van der Waals surface area contributed by atoms with Crippen LogP contribution in [0.4, 0.5) is 13.2 Å². The molecule has 9 heteroatoms. The number of guanidine groups is 1. The maximum atomic E-state index is 12.6. The van der Waals surface area contributed by atoms with Gasteiger partial charge in [-0.2, -0.15) is 13.2 Å². The largest absolute Gasteiger partial charge is 0.434 e. The number of likely N-dealkylation sites (tertiary alicyclic amines) is 1. The van der Waals surface area contributed by atoms with Crippen molar-refractivity contribution >= 4 is 17.3 Å². The minimum absolute atomic E-state index is 0.438. The standard InChI is InChI=1S/C18H30F3N5S/c1-13(2)10-26-8-4-5-14(11-26)9-24-17(22-3)23-7-6-16-25-15(12-27-16)18(19,20)21/h12-14H,4-11H2,1-3H3,(H2,22,23,24). The normalized spacial score (nSPS) is 19.5. The van der Waals surface area contributed by atoms with Crippen molar-refractivity contribution in [3.63, 3.8) is 0 Å². The monoisotopic (exact) mass is 405 g/mol. The van der Waals surface area contributed by atoms with E-state index in [4.69, 9.17) is 0 Å². The molecule has 2 rings (SSSR count). The van der Waals surface area contributed by atoms with Crippen molar-refractivity contribution in [3.8, 4) is 0 Å². The zero-order valence-corrected chi connectivity index (χ0v) is 17.1. The van der Waals surface area contributed by atoms with Crippen LogP contribution in [0.2, 0.25) is 0 Å². The zero-order valence-electron chi connectivity index (χ0n) is 16.3. The number of hydrogen-bond acceptors (Lipinski definition) is 4. The predicted octanol–water partition coefficient (Wildman–Crippen LogP) is 3.24. The van der Waals surface area contributed by atoms with Gasteiger partial charge in [-0.25, -0.2) is 4.98 Å². The van der Waals surface area contributed by atoms with E-state index in [0.717, 1.165) is 36.4 Å². The van der Waals surface area contributed by atoms with Crippen molar-refractivity contribution in [3.05, 3.63) is 16.1 Å². The summed E-state index contributed by atoms with van der Waals surface area (Å²) in [4.78, 5) is 10.4. The van der Waals surface area contributed by atoms with Gasteiger partial charge in [-0.3, -0.25) is 4.99 Å². The number of rotatable bonds is 7. The quantitative estimate of drug-likeness (QED) is 0.540. The molecule has 1 fully saturated rings. The lowest BCUT2D eigenvalue weighted by atomic mass is 9.97. The SMILES string of the molecule is CN=C(NCCc1nc(C(F)(F)F)cs1)NCC1CCCN(CC(C)C)C1. The van der Waals surface area contributed by atoms with Gasteiger partial charge >= 0.3 is 6.18 Å². The molecule has 1 atom stereocenters. The van der Waals surface area contributed by atoms with Crippen LogP contribution in [-0.4, -0.2) is 55.6 Å². The van der Waals surface area contributed by atoms with Crippen LogP contribution in [0.3, 0.4) is 0 Å². The van der Waals surface area contributed by atoms with E-state index < -0.39 is 11.9 Å². The van der Waals surface area contributed by atoms with Crippen molar-refractivity contribution in [2.45, 2.75) is 39.3 Å². The molecule has 1 aromatic heterocycles. The molecule has 1 aromatic rings. The zero-order chi connectivity index (χ0) is 19.9. The fraction of sp³-hybridized carbons (Fsp3) is 0.778. The Morgan fingerprint density at radius 2 is 2.19 bits per heavy atom. The van der Waals surface area contributed by atoms with E-state index in [9.17, 15) is 13.2 Å². The number of nitrogens with one attached hydrogen (secondary N) is 2. The van der Waals surface area contributed by atoms with Gasteiger partial charge in [-0.15, -0.1) is 11.3 Å². The molecule has 1 aliphatic rings. The van der Waals surface area contributed by atoms with Crippen LogP contribution in [0.5, 0.6) is 0 Å². The van der Waals surface area contributed by atoms with E-state index in [1.807, 2.05) is 0 Å². The smallest absolute Gasteiger partial charge is 0.356 e. The molecule has 0 bridgehead atoms. The predicted molar refractivity (Wildman–Crippen MR) is 104 cm³/mol. The summed E-state index contributed by atoms with van der Waals surface area (Å²) in [7, 11) is 1.70. The maximum Gasteiger partial charge on any atom is 0.434 e. The van der Waals surface area contributed by atoms with Gasteiger partial charge in [0.05, 0.1) is 5.01 Å². The number of aromatic nitrogens is 1. The van der Waals surface area contributed by atoms with Gasteiger partial charge in [0.2, 0.25) is 0 Å². The van der Waals surface area contributed by atoms with Crippen LogP contribution in [0, 0.1) is 11.8 Å². The summed E-state index contributed by atoms with van der Waals surface area (Å²) >= 11 is 1.04. The van der Waals surface area contributed by atoms with E-state index in [-0.39, 0.29) is 0 Å². The highest BCUT2D eigenvalue weighted by atomic mass is 32.1. The van der Waals surface area contributed by atoms with Gasteiger partial charge in [0.1, 0.15) is 0 Å². The van der Waals surface area contributed by atoms with Crippen LogP contribution in [0.1, 0.15) is 37.4 Å².